The van der Waals surface area contributed by atoms with E-state index in [9.17, 15) is 4.79 Å². The minimum Gasteiger partial charge on any atom is -0.478 e. The van der Waals surface area contributed by atoms with Crippen LogP contribution in [0, 0.1) is 0 Å². The Labute approximate surface area is 117 Å². The van der Waals surface area contributed by atoms with E-state index in [1.54, 1.807) is 17.4 Å². The number of hydrogen-bond acceptors (Lipinski definition) is 4. The average Bonchev–Trinajstić information content (AvgIpc) is 2.95. The number of aliphatic carboxylic acids is 1. The fourth-order valence-corrected chi connectivity index (χ4v) is 3.36. The first-order chi connectivity index (χ1) is 9.08. The van der Waals surface area contributed by atoms with Gasteiger partial charge in [0.05, 0.1) is 6.10 Å². The Balaban J connectivity index is 2.03. The van der Waals surface area contributed by atoms with Crippen LogP contribution in [0.1, 0.15) is 23.8 Å². The van der Waals surface area contributed by atoms with E-state index in [-0.39, 0.29) is 6.10 Å². The SMILES string of the molecule is CC1OCCC1N(C)Cc1sccc1/C=C/C(=O)O. The maximum atomic E-state index is 10.6. The molecule has 1 aromatic rings. The molecule has 0 amide bonds. The molecule has 2 heterocycles. The number of carboxylic acids is 1. The molecule has 1 aliphatic rings. The molecule has 1 N–H and O–H groups in total. The van der Waals surface area contributed by atoms with Gasteiger partial charge in [0.1, 0.15) is 0 Å². The van der Waals surface area contributed by atoms with Crippen molar-refractivity contribution in [1.82, 2.24) is 4.90 Å². The van der Waals surface area contributed by atoms with E-state index >= 15 is 0 Å². The fraction of sp³-hybridized carbons (Fsp3) is 0.500. The zero-order valence-corrected chi connectivity index (χ0v) is 12.0. The van der Waals surface area contributed by atoms with Crippen LogP contribution in [-0.4, -0.2) is 41.8 Å². The molecule has 1 aromatic heterocycles. The third-order valence-corrected chi connectivity index (χ3v) is 4.40. The van der Waals surface area contributed by atoms with Crippen LogP contribution in [0.2, 0.25) is 0 Å². The number of carbonyl (C=O) groups is 1. The van der Waals surface area contributed by atoms with E-state index in [0.717, 1.165) is 25.1 Å². The van der Waals surface area contributed by atoms with Gasteiger partial charge in [-0.05, 0) is 43.5 Å². The highest BCUT2D eigenvalue weighted by atomic mass is 32.1. The smallest absolute Gasteiger partial charge is 0.328 e. The summed E-state index contributed by atoms with van der Waals surface area (Å²) in [4.78, 5) is 14.1. The summed E-state index contributed by atoms with van der Waals surface area (Å²) in [5.41, 5.74) is 0.991. The van der Waals surface area contributed by atoms with Crippen molar-refractivity contribution in [3.05, 3.63) is 28.0 Å². The summed E-state index contributed by atoms with van der Waals surface area (Å²) in [6.07, 6.45) is 4.18. The first kappa shape index (κ1) is 14.2. The van der Waals surface area contributed by atoms with Crippen molar-refractivity contribution >= 4 is 23.4 Å². The molecular weight excluding hydrogens is 262 g/mol. The predicted octanol–water partition coefficient (Wildman–Crippen LogP) is 2.46. The fourth-order valence-electron chi connectivity index (χ4n) is 2.43. The molecule has 19 heavy (non-hydrogen) atoms. The van der Waals surface area contributed by atoms with Gasteiger partial charge in [-0.15, -0.1) is 11.3 Å². The van der Waals surface area contributed by atoms with Gasteiger partial charge in [-0.3, -0.25) is 4.90 Å². The van der Waals surface area contributed by atoms with Crippen LogP contribution in [-0.2, 0) is 16.1 Å². The zero-order valence-electron chi connectivity index (χ0n) is 11.2. The molecule has 104 valence electrons. The lowest BCUT2D eigenvalue weighted by molar-refractivity contribution is -0.131. The largest absolute Gasteiger partial charge is 0.478 e. The van der Waals surface area contributed by atoms with Gasteiger partial charge >= 0.3 is 5.97 Å². The van der Waals surface area contributed by atoms with Gasteiger partial charge in [-0.1, -0.05) is 0 Å². The number of likely N-dealkylation sites (N-methyl/N-ethyl adjacent to an activating group) is 1. The number of ether oxygens (including phenoxy) is 1. The second kappa shape index (κ2) is 6.32. The molecular formula is C14H19NO3S. The standard InChI is InChI=1S/C14H19NO3S/c1-10-12(5-7-18-10)15(2)9-13-11(6-8-19-13)3-4-14(16)17/h3-4,6,8,10,12H,5,7,9H2,1-2H3,(H,16,17)/b4-3+. The molecule has 0 aliphatic carbocycles. The van der Waals surface area contributed by atoms with E-state index in [4.69, 9.17) is 9.84 Å². The summed E-state index contributed by atoms with van der Waals surface area (Å²) in [5.74, 6) is -0.914. The van der Waals surface area contributed by atoms with E-state index in [1.807, 2.05) is 11.4 Å². The van der Waals surface area contributed by atoms with E-state index in [1.165, 1.54) is 11.0 Å². The lowest BCUT2D eigenvalue weighted by atomic mass is 10.1. The summed E-state index contributed by atoms with van der Waals surface area (Å²) < 4.78 is 5.58. The third kappa shape index (κ3) is 3.65. The Morgan fingerprint density at radius 2 is 2.47 bits per heavy atom. The van der Waals surface area contributed by atoms with Crippen LogP contribution >= 0.6 is 11.3 Å². The van der Waals surface area contributed by atoms with Crippen LogP contribution in [0.15, 0.2) is 17.5 Å². The number of hydrogen-bond donors (Lipinski definition) is 1. The van der Waals surface area contributed by atoms with Gasteiger partial charge in [0.25, 0.3) is 0 Å². The van der Waals surface area contributed by atoms with Crippen molar-refractivity contribution in [3.8, 4) is 0 Å². The lowest BCUT2D eigenvalue weighted by Crippen LogP contribution is -2.36. The Bertz CT molecular complexity index is 469. The Hall–Kier alpha value is -1.17. The molecule has 1 aliphatic heterocycles. The minimum absolute atomic E-state index is 0.267. The van der Waals surface area contributed by atoms with E-state index < -0.39 is 5.97 Å². The Kier molecular flexibility index (Phi) is 4.74. The highest BCUT2D eigenvalue weighted by Crippen LogP contribution is 2.24. The van der Waals surface area contributed by atoms with Crippen molar-refractivity contribution in [1.29, 1.82) is 0 Å². The summed E-state index contributed by atoms with van der Waals surface area (Å²) in [6, 6.07) is 2.40. The highest BCUT2D eigenvalue weighted by Gasteiger charge is 2.28. The number of carboxylic acid groups (broad SMARTS) is 1. The second-order valence-electron chi connectivity index (χ2n) is 4.82. The maximum Gasteiger partial charge on any atom is 0.328 e. The first-order valence-electron chi connectivity index (χ1n) is 6.37. The maximum absolute atomic E-state index is 10.6. The van der Waals surface area contributed by atoms with Gasteiger partial charge in [0, 0.05) is 30.1 Å². The van der Waals surface area contributed by atoms with E-state index in [0.29, 0.717) is 6.04 Å². The highest BCUT2D eigenvalue weighted by molar-refractivity contribution is 7.10. The van der Waals surface area contributed by atoms with Crippen molar-refractivity contribution < 1.29 is 14.6 Å². The van der Waals surface area contributed by atoms with Crippen LogP contribution < -0.4 is 0 Å². The molecule has 2 rings (SSSR count). The number of nitrogens with zero attached hydrogens (tertiary/aromatic N) is 1. The van der Waals surface area contributed by atoms with Crippen LogP contribution in [0.4, 0.5) is 0 Å². The summed E-state index contributed by atoms with van der Waals surface area (Å²) >= 11 is 1.66. The molecule has 0 saturated carbocycles. The molecule has 0 radical (unpaired) electrons. The van der Waals surface area contributed by atoms with Gasteiger partial charge in [-0.2, -0.15) is 0 Å². The van der Waals surface area contributed by atoms with Crippen molar-refractivity contribution in [2.45, 2.75) is 32.0 Å². The summed E-state index contributed by atoms with van der Waals surface area (Å²) in [5, 5.41) is 10.7. The minimum atomic E-state index is -0.914. The average molecular weight is 281 g/mol. The van der Waals surface area contributed by atoms with Gasteiger partial charge < -0.3 is 9.84 Å². The molecule has 2 atom stereocenters. The normalized spacial score (nSPS) is 23.5. The first-order valence-corrected chi connectivity index (χ1v) is 7.25. The number of rotatable bonds is 5. The topological polar surface area (TPSA) is 49.8 Å². The molecule has 0 aromatic carbocycles. The van der Waals surface area contributed by atoms with Gasteiger partial charge in [0.15, 0.2) is 0 Å². The van der Waals surface area contributed by atoms with Gasteiger partial charge in [0.2, 0.25) is 0 Å². The number of thiophene rings is 1. The van der Waals surface area contributed by atoms with Crippen LogP contribution in [0.25, 0.3) is 6.08 Å². The predicted molar refractivity (Wildman–Crippen MR) is 76.3 cm³/mol. The Morgan fingerprint density at radius 3 is 3.11 bits per heavy atom. The molecule has 1 fully saturated rings. The quantitative estimate of drug-likeness (QED) is 0.842. The second-order valence-corrected chi connectivity index (χ2v) is 5.82. The third-order valence-electron chi connectivity index (χ3n) is 3.48. The molecule has 0 bridgehead atoms. The summed E-state index contributed by atoms with van der Waals surface area (Å²) in [6.45, 7) is 3.76. The van der Waals surface area contributed by atoms with Gasteiger partial charge in [-0.25, -0.2) is 4.79 Å². The van der Waals surface area contributed by atoms with Crippen molar-refractivity contribution in [2.24, 2.45) is 0 Å². The van der Waals surface area contributed by atoms with Crippen molar-refractivity contribution in [3.63, 3.8) is 0 Å². The molecule has 5 heteroatoms. The lowest BCUT2D eigenvalue weighted by Gasteiger charge is -2.26. The Morgan fingerprint density at radius 1 is 1.68 bits per heavy atom. The van der Waals surface area contributed by atoms with Crippen LogP contribution in [0.5, 0.6) is 0 Å². The van der Waals surface area contributed by atoms with Crippen molar-refractivity contribution in [2.75, 3.05) is 13.7 Å². The molecule has 2 unspecified atom stereocenters. The molecule has 1 saturated heterocycles. The molecule has 4 nitrogen and oxygen atoms in total. The molecule has 0 spiro atoms. The zero-order chi connectivity index (χ0) is 13.8. The van der Waals surface area contributed by atoms with E-state index in [2.05, 4.69) is 18.9 Å². The van der Waals surface area contributed by atoms with Crippen LogP contribution in [0.3, 0.4) is 0 Å². The monoisotopic (exact) mass is 281 g/mol. The summed E-state index contributed by atoms with van der Waals surface area (Å²) in [7, 11) is 2.10.